The molecule has 5 heteroatoms. The highest BCUT2D eigenvalue weighted by Crippen LogP contribution is 2.23. The van der Waals surface area contributed by atoms with Crippen LogP contribution in [0, 0.1) is 13.8 Å². The summed E-state index contributed by atoms with van der Waals surface area (Å²) in [6.45, 7) is 8.65. The average molecular weight is 274 g/mol. The van der Waals surface area contributed by atoms with Gasteiger partial charge < -0.3 is 5.11 Å². The van der Waals surface area contributed by atoms with Crippen LogP contribution < -0.4 is 0 Å². The van der Waals surface area contributed by atoms with E-state index in [4.69, 9.17) is 0 Å². The van der Waals surface area contributed by atoms with Crippen molar-refractivity contribution >= 4 is 0 Å². The van der Waals surface area contributed by atoms with E-state index in [0.717, 1.165) is 42.0 Å². The molecule has 0 amide bonds. The number of aryl methyl sites for hydroxylation is 3. The maximum atomic E-state index is 9.69. The number of aromatic nitrogens is 4. The second-order valence-corrected chi connectivity index (χ2v) is 5.19. The molecule has 0 spiro atoms. The van der Waals surface area contributed by atoms with Crippen molar-refractivity contribution in [3.05, 3.63) is 29.3 Å². The summed E-state index contributed by atoms with van der Waals surface area (Å²) in [6.07, 6.45) is 3.31. The molecule has 1 unspecified atom stereocenters. The predicted octanol–water partition coefficient (Wildman–Crippen LogP) is 2.81. The zero-order valence-electron chi connectivity index (χ0n) is 12.6. The van der Waals surface area contributed by atoms with Gasteiger partial charge in [-0.3, -0.25) is 4.98 Å². The van der Waals surface area contributed by atoms with Gasteiger partial charge in [0.15, 0.2) is 11.6 Å². The number of nitrogens with zero attached hydrogens (tertiary/aromatic N) is 4. The third kappa shape index (κ3) is 3.04. The SMILES string of the molecule is CCCCn1nc(C(C)O)nc1-c1cnc(C)cc1C. The van der Waals surface area contributed by atoms with E-state index in [2.05, 4.69) is 22.0 Å². The second-order valence-electron chi connectivity index (χ2n) is 5.19. The zero-order valence-corrected chi connectivity index (χ0v) is 12.6. The van der Waals surface area contributed by atoms with Gasteiger partial charge in [-0.05, 0) is 38.8 Å². The van der Waals surface area contributed by atoms with Gasteiger partial charge in [-0.25, -0.2) is 9.67 Å². The summed E-state index contributed by atoms with van der Waals surface area (Å²) in [4.78, 5) is 8.83. The van der Waals surface area contributed by atoms with Crippen molar-refractivity contribution in [2.75, 3.05) is 0 Å². The Morgan fingerprint density at radius 1 is 1.35 bits per heavy atom. The van der Waals surface area contributed by atoms with Crippen molar-refractivity contribution < 1.29 is 5.11 Å². The van der Waals surface area contributed by atoms with Crippen LogP contribution in [0.25, 0.3) is 11.4 Å². The predicted molar refractivity (Wildman–Crippen MR) is 78.3 cm³/mol. The Morgan fingerprint density at radius 3 is 2.70 bits per heavy atom. The van der Waals surface area contributed by atoms with Gasteiger partial charge in [-0.15, -0.1) is 0 Å². The molecular weight excluding hydrogens is 252 g/mol. The summed E-state index contributed by atoms with van der Waals surface area (Å²) < 4.78 is 1.88. The smallest absolute Gasteiger partial charge is 0.179 e. The Balaban J connectivity index is 2.47. The molecule has 0 fully saturated rings. The molecule has 2 heterocycles. The number of aliphatic hydroxyl groups excluding tert-OH is 1. The van der Waals surface area contributed by atoms with Crippen molar-refractivity contribution in [2.24, 2.45) is 0 Å². The molecule has 0 aromatic carbocycles. The fourth-order valence-electron chi connectivity index (χ4n) is 2.13. The third-order valence-electron chi connectivity index (χ3n) is 3.27. The number of hydrogen-bond acceptors (Lipinski definition) is 4. The van der Waals surface area contributed by atoms with Crippen LogP contribution in [-0.4, -0.2) is 24.9 Å². The van der Waals surface area contributed by atoms with Crippen molar-refractivity contribution in [1.29, 1.82) is 0 Å². The Labute approximate surface area is 119 Å². The summed E-state index contributed by atoms with van der Waals surface area (Å²) in [5.74, 6) is 1.26. The Kier molecular flexibility index (Phi) is 4.49. The molecule has 5 nitrogen and oxygen atoms in total. The number of aliphatic hydroxyl groups is 1. The van der Waals surface area contributed by atoms with Gasteiger partial charge in [0.1, 0.15) is 6.10 Å². The van der Waals surface area contributed by atoms with Gasteiger partial charge in [0.2, 0.25) is 0 Å². The lowest BCUT2D eigenvalue weighted by Gasteiger charge is -2.07. The van der Waals surface area contributed by atoms with E-state index in [1.165, 1.54) is 0 Å². The van der Waals surface area contributed by atoms with E-state index in [-0.39, 0.29) is 0 Å². The molecule has 0 aliphatic rings. The molecule has 2 rings (SSSR count). The van der Waals surface area contributed by atoms with Gasteiger partial charge in [0.25, 0.3) is 0 Å². The van der Waals surface area contributed by atoms with Crippen LogP contribution in [0.3, 0.4) is 0 Å². The first kappa shape index (κ1) is 14.7. The molecule has 2 aromatic rings. The lowest BCUT2D eigenvalue weighted by atomic mass is 10.1. The minimum atomic E-state index is -0.657. The molecule has 0 aliphatic carbocycles. The van der Waals surface area contributed by atoms with Crippen LogP contribution in [0.15, 0.2) is 12.3 Å². The highest BCUT2D eigenvalue weighted by atomic mass is 16.3. The van der Waals surface area contributed by atoms with Crippen LogP contribution in [-0.2, 0) is 6.54 Å². The molecule has 0 bridgehead atoms. The van der Waals surface area contributed by atoms with Gasteiger partial charge >= 0.3 is 0 Å². The minimum Gasteiger partial charge on any atom is -0.385 e. The minimum absolute atomic E-state index is 0.469. The molecule has 1 atom stereocenters. The molecule has 20 heavy (non-hydrogen) atoms. The summed E-state index contributed by atoms with van der Waals surface area (Å²) in [7, 11) is 0. The maximum absolute atomic E-state index is 9.69. The summed E-state index contributed by atoms with van der Waals surface area (Å²) in [5.41, 5.74) is 3.09. The van der Waals surface area contributed by atoms with Crippen molar-refractivity contribution in [2.45, 2.75) is 53.2 Å². The van der Waals surface area contributed by atoms with Gasteiger partial charge in [-0.2, -0.15) is 5.10 Å². The first-order chi connectivity index (χ1) is 9.52. The van der Waals surface area contributed by atoms with Crippen molar-refractivity contribution in [3.63, 3.8) is 0 Å². The van der Waals surface area contributed by atoms with E-state index in [9.17, 15) is 5.11 Å². The van der Waals surface area contributed by atoms with Gasteiger partial charge in [0.05, 0.1) is 0 Å². The largest absolute Gasteiger partial charge is 0.385 e. The quantitative estimate of drug-likeness (QED) is 0.910. The lowest BCUT2D eigenvalue weighted by molar-refractivity contribution is 0.188. The average Bonchev–Trinajstić information content (AvgIpc) is 2.80. The van der Waals surface area contributed by atoms with E-state index in [1.54, 1.807) is 6.92 Å². The second kappa shape index (κ2) is 6.13. The molecular formula is C15H22N4O. The van der Waals surface area contributed by atoms with Crippen molar-refractivity contribution in [1.82, 2.24) is 19.7 Å². The molecule has 0 saturated carbocycles. The van der Waals surface area contributed by atoms with Gasteiger partial charge in [-0.1, -0.05) is 13.3 Å². The molecule has 108 valence electrons. The lowest BCUT2D eigenvalue weighted by Crippen LogP contribution is -2.04. The van der Waals surface area contributed by atoms with Crippen LogP contribution in [0.5, 0.6) is 0 Å². The third-order valence-corrected chi connectivity index (χ3v) is 3.27. The Bertz CT molecular complexity index is 590. The Hall–Kier alpha value is -1.75. The van der Waals surface area contributed by atoms with Crippen LogP contribution >= 0.6 is 0 Å². The number of rotatable bonds is 5. The van der Waals surface area contributed by atoms with Crippen LogP contribution in [0.1, 0.15) is 49.9 Å². The fraction of sp³-hybridized carbons (Fsp3) is 0.533. The normalized spacial score (nSPS) is 12.7. The summed E-state index contributed by atoms with van der Waals surface area (Å²) in [5, 5.41) is 14.1. The first-order valence-corrected chi connectivity index (χ1v) is 7.09. The topological polar surface area (TPSA) is 63.8 Å². The maximum Gasteiger partial charge on any atom is 0.179 e. The van der Waals surface area contributed by atoms with Gasteiger partial charge in [0, 0.05) is 24.0 Å². The number of hydrogen-bond donors (Lipinski definition) is 1. The fourth-order valence-corrected chi connectivity index (χ4v) is 2.13. The van der Waals surface area contributed by atoms with E-state index in [1.807, 2.05) is 30.8 Å². The highest BCUT2D eigenvalue weighted by molar-refractivity contribution is 5.59. The van der Waals surface area contributed by atoms with Crippen LogP contribution in [0.2, 0.25) is 0 Å². The molecule has 1 N–H and O–H groups in total. The molecule has 0 radical (unpaired) electrons. The van der Waals surface area contributed by atoms with Crippen LogP contribution in [0.4, 0.5) is 0 Å². The van der Waals surface area contributed by atoms with E-state index in [0.29, 0.717) is 5.82 Å². The first-order valence-electron chi connectivity index (χ1n) is 7.09. The molecule has 0 aliphatic heterocycles. The van der Waals surface area contributed by atoms with E-state index < -0.39 is 6.10 Å². The van der Waals surface area contributed by atoms with E-state index >= 15 is 0 Å². The summed E-state index contributed by atoms with van der Waals surface area (Å²) >= 11 is 0. The highest BCUT2D eigenvalue weighted by Gasteiger charge is 2.16. The molecule has 0 saturated heterocycles. The molecule has 2 aromatic heterocycles. The van der Waals surface area contributed by atoms with Crippen molar-refractivity contribution in [3.8, 4) is 11.4 Å². The number of pyridine rings is 1. The Morgan fingerprint density at radius 2 is 2.10 bits per heavy atom. The summed E-state index contributed by atoms with van der Waals surface area (Å²) in [6, 6.07) is 2.04. The monoisotopic (exact) mass is 274 g/mol. The number of unbranched alkanes of at least 4 members (excludes halogenated alkanes) is 1. The standard InChI is InChI=1S/C15H22N4O/c1-5-6-7-19-15(17-14(18-19)12(4)20)13-9-16-11(3)8-10(13)2/h8-9,12,20H,5-7H2,1-4H3. The zero-order chi connectivity index (χ0) is 14.7.